The van der Waals surface area contributed by atoms with Crippen LogP contribution in [0.2, 0.25) is 0 Å². The van der Waals surface area contributed by atoms with Gasteiger partial charge in [-0.1, -0.05) is 6.07 Å². The zero-order valence-electron chi connectivity index (χ0n) is 12.7. The second-order valence-electron chi connectivity index (χ2n) is 6.54. The van der Waals surface area contributed by atoms with Gasteiger partial charge in [-0.2, -0.15) is 13.2 Å². The summed E-state index contributed by atoms with van der Waals surface area (Å²) in [5, 5.41) is 0. The summed E-state index contributed by atoms with van der Waals surface area (Å²) in [5.74, 6) is 0.673. The summed E-state index contributed by atoms with van der Waals surface area (Å²) in [7, 11) is 1.78. The van der Waals surface area contributed by atoms with Crippen molar-refractivity contribution in [1.29, 1.82) is 0 Å². The quantitative estimate of drug-likeness (QED) is 0.840. The monoisotopic (exact) mass is 322 g/mol. The highest BCUT2D eigenvalue weighted by Crippen LogP contribution is 2.48. The average molecular weight is 322 g/mol. The Labute approximate surface area is 131 Å². The molecule has 23 heavy (non-hydrogen) atoms. The van der Waals surface area contributed by atoms with Gasteiger partial charge in [0.05, 0.1) is 11.3 Å². The van der Waals surface area contributed by atoms with Gasteiger partial charge >= 0.3 is 6.18 Å². The van der Waals surface area contributed by atoms with Gasteiger partial charge < -0.3 is 0 Å². The fraction of sp³-hybridized carbons (Fsp3) is 0.471. The van der Waals surface area contributed by atoms with Crippen LogP contribution in [-0.4, -0.2) is 9.36 Å². The molecule has 0 N–H and O–H groups in total. The zero-order chi connectivity index (χ0) is 16.4. The van der Waals surface area contributed by atoms with Gasteiger partial charge in [-0.25, -0.2) is 4.68 Å². The number of benzene rings is 1. The van der Waals surface area contributed by atoms with Gasteiger partial charge in [-0.3, -0.25) is 9.48 Å². The van der Waals surface area contributed by atoms with Crippen molar-refractivity contribution in [1.82, 2.24) is 9.36 Å². The molecule has 1 aromatic heterocycles. The first kappa shape index (κ1) is 14.6. The van der Waals surface area contributed by atoms with Crippen LogP contribution >= 0.6 is 0 Å². The number of hydrogen-bond donors (Lipinski definition) is 0. The fourth-order valence-corrected chi connectivity index (χ4v) is 3.34. The average Bonchev–Trinajstić information content (AvgIpc) is 3.37. The maximum Gasteiger partial charge on any atom is 0.416 e. The molecule has 0 aliphatic heterocycles. The molecule has 1 aromatic carbocycles. The van der Waals surface area contributed by atoms with Gasteiger partial charge in [0, 0.05) is 24.2 Å². The van der Waals surface area contributed by atoms with Crippen LogP contribution in [0.25, 0.3) is 5.69 Å². The molecule has 0 spiro atoms. The van der Waals surface area contributed by atoms with Gasteiger partial charge in [-0.05, 0) is 49.8 Å². The van der Waals surface area contributed by atoms with Crippen molar-refractivity contribution in [2.75, 3.05) is 0 Å². The van der Waals surface area contributed by atoms with Gasteiger partial charge in [0.1, 0.15) is 0 Å². The van der Waals surface area contributed by atoms with E-state index in [-0.39, 0.29) is 17.2 Å². The van der Waals surface area contributed by atoms with Crippen molar-refractivity contribution < 1.29 is 13.2 Å². The molecule has 2 fully saturated rings. The first-order chi connectivity index (χ1) is 10.9. The molecule has 2 aliphatic rings. The molecule has 4 rings (SSSR count). The van der Waals surface area contributed by atoms with E-state index in [0.29, 0.717) is 5.92 Å². The van der Waals surface area contributed by atoms with Crippen molar-refractivity contribution in [3.05, 3.63) is 51.4 Å². The van der Waals surface area contributed by atoms with Crippen LogP contribution in [0.1, 0.15) is 54.3 Å². The third-order valence-electron chi connectivity index (χ3n) is 4.72. The highest BCUT2D eigenvalue weighted by atomic mass is 19.4. The Bertz CT molecular complexity index is 823. The van der Waals surface area contributed by atoms with Crippen LogP contribution in [-0.2, 0) is 13.2 Å². The lowest BCUT2D eigenvalue weighted by atomic mass is 10.1. The lowest BCUT2D eigenvalue weighted by Crippen LogP contribution is -2.21. The Morgan fingerprint density at radius 2 is 1.74 bits per heavy atom. The van der Waals surface area contributed by atoms with E-state index in [1.165, 1.54) is 10.7 Å². The summed E-state index contributed by atoms with van der Waals surface area (Å²) in [5.41, 5.74) is 1.24. The number of rotatable bonds is 3. The summed E-state index contributed by atoms with van der Waals surface area (Å²) in [6.45, 7) is 0. The Kier molecular flexibility index (Phi) is 3.02. The van der Waals surface area contributed by atoms with Crippen LogP contribution in [0.15, 0.2) is 29.1 Å². The fourth-order valence-electron chi connectivity index (χ4n) is 3.34. The molecule has 3 nitrogen and oxygen atoms in total. The van der Waals surface area contributed by atoms with Crippen LogP contribution in [0.3, 0.4) is 0 Å². The third kappa shape index (κ3) is 2.40. The highest BCUT2D eigenvalue weighted by molar-refractivity contribution is 5.41. The molecule has 1 heterocycles. The van der Waals surface area contributed by atoms with Crippen molar-refractivity contribution in [3.8, 4) is 5.69 Å². The summed E-state index contributed by atoms with van der Waals surface area (Å²) in [6, 6.07) is 4.99. The van der Waals surface area contributed by atoms with Crippen LogP contribution < -0.4 is 5.56 Å². The number of halogens is 3. The Balaban J connectivity index is 1.90. The minimum Gasteiger partial charge on any atom is -0.284 e. The third-order valence-corrected chi connectivity index (χ3v) is 4.72. The predicted octanol–water partition coefficient (Wildman–Crippen LogP) is 3.95. The number of nitrogens with zero attached hydrogens (tertiary/aromatic N) is 2. The summed E-state index contributed by atoms with van der Waals surface area (Å²) in [6.07, 6.45) is -0.300. The van der Waals surface area contributed by atoms with E-state index >= 15 is 0 Å². The highest BCUT2D eigenvalue weighted by Gasteiger charge is 2.39. The van der Waals surface area contributed by atoms with Crippen molar-refractivity contribution in [2.24, 2.45) is 7.05 Å². The number of hydrogen-bond acceptors (Lipinski definition) is 1. The molecule has 0 atom stereocenters. The van der Waals surface area contributed by atoms with Gasteiger partial charge in [0.2, 0.25) is 0 Å². The maximum absolute atomic E-state index is 13.0. The van der Waals surface area contributed by atoms with Crippen molar-refractivity contribution in [2.45, 2.75) is 43.7 Å². The first-order valence-electron chi connectivity index (χ1n) is 7.87. The Morgan fingerprint density at radius 1 is 1.09 bits per heavy atom. The van der Waals surface area contributed by atoms with E-state index in [0.717, 1.165) is 49.1 Å². The normalized spacial score (nSPS) is 18.4. The zero-order valence-corrected chi connectivity index (χ0v) is 12.7. The van der Waals surface area contributed by atoms with Crippen LogP contribution in [0.4, 0.5) is 13.2 Å². The molecular weight excluding hydrogens is 305 g/mol. The number of aromatic nitrogens is 2. The lowest BCUT2D eigenvalue weighted by Gasteiger charge is -2.12. The van der Waals surface area contributed by atoms with Gasteiger partial charge in [0.25, 0.3) is 5.56 Å². The summed E-state index contributed by atoms with van der Waals surface area (Å²) in [4.78, 5) is 12.8. The minimum absolute atomic E-state index is 0.156. The summed E-state index contributed by atoms with van der Waals surface area (Å²) < 4.78 is 42.0. The second-order valence-corrected chi connectivity index (χ2v) is 6.54. The molecule has 0 radical (unpaired) electrons. The van der Waals surface area contributed by atoms with E-state index in [4.69, 9.17) is 0 Å². The van der Waals surface area contributed by atoms with Gasteiger partial charge in [-0.15, -0.1) is 0 Å². The van der Waals surface area contributed by atoms with E-state index in [2.05, 4.69) is 0 Å². The largest absolute Gasteiger partial charge is 0.416 e. The molecule has 0 unspecified atom stereocenters. The maximum atomic E-state index is 13.0. The molecule has 0 bridgehead atoms. The first-order valence-corrected chi connectivity index (χ1v) is 7.87. The molecule has 0 amide bonds. The summed E-state index contributed by atoms with van der Waals surface area (Å²) >= 11 is 0. The molecule has 2 aromatic rings. The topological polar surface area (TPSA) is 26.9 Å². The van der Waals surface area contributed by atoms with Crippen molar-refractivity contribution >= 4 is 0 Å². The molecule has 0 saturated heterocycles. The molecule has 122 valence electrons. The smallest absolute Gasteiger partial charge is 0.284 e. The molecule has 2 saturated carbocycles. The van der Waals surface area contributed by atoms with Crippen LogP contribution in [0, 0.1) is 0 Å². The Hall–Kier alpha value is -1.98. The SMILES string of the molecule is Cn1c(C2CC2)c(C2CC2)c(=O)n1-c1cccc(C(F)(F)F)c1. The standard InChI is InChI=1S/C17H17F3N2O/c1-21-15(11-7-8-11)14(10-5-6-10)16(23)22(21)13-4-2-3-12(9-13)17(18,19)20/h2-4,9-11H,5-8H2,1H3. The van der Waals surface area contributed by atoms with Gasteiger partial charge in [0.15, 0.2) is 0 Å². The van der Waals surface area contributed by atoms with Crippen molar-refractivity contribution in [3.63, 3.8) is 0 Å². The lowest BCUT2D eigenvalue weighted by molar-refractivity contribution is -0.137. The van der Waals surface area contributed by atoms with E-state index in [1.807, 2.05) is 0 Å². The number of alkyl halides is 3. The minimum atomic E-state index is -4.41. The molecule has 2 aliphatic carbocycles. The van der Waals surface area contributed by atoms with Crippen LogP contribution in [0.5, 0.6) is 0 Å². The van der Waals surface area contributed by atoms with E-state index < -0.39 is 11.7 Å². The van der Waals surface area contributed by atoms with E-state index in [9.17, 15) is 18.0 Å². The predicted molar refractivity (Wildman–Crippen MR) is 80.0 cm³/mol. The molecular formula is C17H17F3N2O. The van der Waals surface area contributed by atoms with E-state index in [1.54, 1.807) is 17.8 Å². The second kappa shape index (κ2) is 4.76. The molecule has 6 heteroatoms. The Morgan fingerprint density at radius 3 is 2.30 bits per heavy atom.